The molecule has 0 N–H and O–H groups in total. The monoisotopic (exact) mass is 298 g/mol. The van der Waals surface area contributed by atoms with E-state index in [0.29, 0.717) is 5.69 Å². The van der Waals surface area contributed by atoms with Gasteiger partial charge >= 0.3 is 12.9 Å². The predicted molar refractivity (Wildman–Crippen MR) is 73.4 cm³/mol. The van der Waals surface area contributed by atoms with Gasteiger partial charge in [-0.05, 0) is 23.8 Å². The van der Waals surface area contributed by atoms with Gasteiger partial charge in [0.1, 0.15) is 5.75 Å². The van der Waals surface area contributed by atoms with Crippen molar-refractivity contribution in [1.29, 1.82) is 5.39 Å². The smallest absolute Gasteiger partial charge is 0.497 e. The van der Waals surface area contributed by atoms with Crippen molar-refractivity contribution in [3.05, 3.63) is 53.5 Å². The number of benzene rings is 2. The average molecular weight is 298 g/mol. The van der Waals surface area contributed by atoms with Crippen LogP contribution in [-0.2, 0) is 0 Å². The van der Waals surface area contributed by atoms with Crippen LogP contribution in [0.1, 0.15) is 0 Å². The highest BCUT2D eigenvalue weighted by molar-refractivity contribution is 6.50. The molecule has 0 aliphatic carbocycles. The largest absolute Gasteiger partial charge is 0.673 e. The maximum absolute atomic E-state index is 9.75. The minimum absolute atomic E-state index is 0.552. The normalized spacial score (nSPS) is 10.1. The molecule has 0 radical (unpaired) electrons. The first-order valence-corrected chi connectivity index (χ1v) is 5.81. The summed E-state index contributed by atoms with van der Waals surface area (Å²) < 4.78 is 44.2. The second-order valence-corrected chi connectivity index (χ2v) is 3.84. The highest BCUT2D eigenvalue weighted by Crippen LogP contribution is 2.31. The lowest BCUT2D eigenvalue weighted by Crippen LogP contribution is -2.02. The Bertz CT molecular complexity index is 635. The zero-order chi connectivity index (χ0) is 15.9. The van der Waals surface area contributed by atoms with Gasteiger partial charge in [-0.1, -0.05) is 24.3 Å². The molecule has 2 aromatic rings. The fourth-order valence-corrected chi connectivity index (χ4v) is 1.60. The van der Waals surface area contributed by atoms with Gasteiger partial charge in [0.2, 0.25) is 5.39 Å². The summed E-state index contributed by atoms with van der Waals surface area (Å²) in [5, 5.41) is 8.90. The molecule has 8 heteroatoms. The van der Waals surface area contributed by atoms with E-state index in [2.05, 4.69) is 4.98 Å². The molecule has 0 saturated heterocycles. The Morgan fingerprint density at radius 3 is 2.19 bits per heavy atom. The van der Waals surface area contributed by atoms with Gasteiger partial charge in [0, 0.05) is 6.07 Å². The molecular weight excluding hydrogens is 287 g/mol. The fraction of sp³-hybridized carbons (Fsp3) is 0.0769. The number of diazo groups is 1. The van der Waals surface area contributed by atoms with E-state index in [-0.39, 0.29) is 0 Å². The summed E-state index contributed by atoms with van der Waals surface area (Å²) in [4.78, 5) is 3.26. The number of methoxy groups -OCH3 is 1. The van der Waals surface area contributed by atoms with Gasteiger partial charge in [-0.2, -0.15) is 0 Å². The number of rotatable bonds is 2. The lowest BCUT2D eigenvalue weighted by molar-refractivity contribution is 0.368. The minimum Gasteiger partial charge on any atom is -0.497 e. The van der Waals surface area contributed by atoms with Gasteiger partial charge in [-0.25, -0.2) is 0 Å². The number of ether oxygens (including phenoxy) is 1. The van der Waals surface area contributed by atoms with Crippen LogP contribution < -0.4 is 4.74 Å². The highest BCUT2D eigenvalue weighted by atomic mass is 19.5. The van der Waals surface area contributed by atoms with Gasteiger partial charge in [-0.15, -0.1) is 0 Å². The number of hydrogen-bond acceptors (Lipinski definition) is 2. The van der Waals surface area contributed by atoms with Crippen molar-refractivity contribution < 1.29 is 22.0 Å². The molecule has 3 nitrogen and oxygen atoms in total. The zero-order valence-corrected chi connectivity index (χ0v) is 11.0. The Kier molecular flexibility index (Phi) is 5.72. The molecule has 0 saturated carbocycles. The van der Waals surface area contributed by atoms with E-state index in [4.69, 9.17) is 10.1 Å². The number of nitrogens with zero attached hydrogens (tertiary/aromatic N) is 2. The minimum atomic E-state index is -6.00. The van der Waals surface area contributed by atoms with Crippen LogP contribution in [0.3, 0.4) is 0 Å². The summed E-state index contributed by atoms with van der Waals surface area (Å²) >= 11 is 0. The van der Waals surface area contributed by atoms with E-state index in [1.807, 2.05) is 42.5 Å². The van der Waals surface area contributed by atoms with E-state index in [0.717, 1.165) is 16.9 Å². The van der Waals surface area contributed by atoms with Crippen molar-refractivity contribution >= 4 is 12.9 Å². The highest BCUT2D eigenvalue weighted by Gasteiger charge is 2.20. The third kappa shape index (κ3) is 5.95. The van der Waals surface area contributed by atoms with E-state index < -0.39 is 7.25 Å². The second-order valence-electron chi connectivity index (χ2n) is 3.84. The van der Waals surface area contributed by atoms with Crippen molar-refractivity contribution in [1.82, 2.24) is 0 Å². The summed E-state index contributed by atoms with van der Waals surface area (Å²) in [7, 11) is -4.37. The SMILES string of the molecule is COc1cccc(-c2ccccc2[N+]#N)c1.F[B-](F)(F)F. The molecule has 2 rings (SSSR count). The van der Waals surface area contributed by atoms with Gasteiger partial charge in [0.25, 0.3) is 0 Å². The molecule has 0 aliphatic heterocycles. The van der Waals surface area contributed by atoms with Gasteiger partial charge in [-0.3, -0.25) is 0 Å². The summed E-state index contributed by atoms with van der Waals surface area (Å²) in [6.45, 7) is 0. The Morgan fingerprint density at radius 1 is 1.00 bits per heavy atom. The molecule has 0 heterocycles. The van der Waals surface area contributed by atoms with Crippen LogP contribution in [0, 0.1) is 5.39 Å². The molecule has 0 bridgehead atoms. The molecule has 0 aliphatic rings. The van der Waals surface area contributed by atoms with Crippen molar-refractivity contribution in [2.75, 3.05) is 7.11 Å². The summed E-state index contributed by atoms with van der Waals surface area (Å²) in [5.74, 6) is 0.783. The molecule has 0 fully saturated rings. The van der Waals surface area contributed by atoms with Crippen molar-refractivity contribution in [2.24, 2.45) is 0 Å². The van der Waals surface area contributed by atoms with Crippen LogP contribution >= 0.6 is 0 Å². The fourth-order valence-electron chi connectivity index (χ4n) is 1.60. The standard InChI is InChI=1S/C13H11N2O.BF4/c1-16-11-6-4-5-10(9-11)12-7-2-3-8-13(12)15-14;2-1(3,4)5/h2-9H,1H3;/q+1;-1. The lowest BCUT2D eigenvalue weighted by atomic mass is 10.0. The Balaban J connectivity index is 0.000000383. The third-order valence-electron chi connectivity index (χ3n) is 2.39. The van der Waals surface area contributed by atoms with Crippen LogP contribution in [0.4, 0.5) is 23.0 Å². The quantitative estimate of drug-likeness (QED) is 0.437. The first kappa shape index (κ1) is 16.5. The van der Waals surface area contributed by atoms with E-state index >= 15 is 0 Å². The molecule has 110 valence electrons. The summed E-state index contributed by atoms with van der Waals surface area (Å²) in [5.41, 5.74) is 2.40. The Hall–Kier alpha value is -2.56. The van der Waals surface area contributed by atoms with Crippen LogP contribution in [0.2, 0.25) is 0 Å². The first-order valence-electron chi connectivity index (χ1n) is 5.81. The van der Waals surface area contributed by atoms with Crippen molar-refractivity contribution in [3.8, 4) is 16.9 Å². The molecule has 0 atom stereocenters. The zero-order valence-electron chi connectivity index (χ0n) is 11.0. The maximum atomic E-state index is 9.75. The van der Waals surface area contributed by atoms with Gasteiger partial charge in [0.05, 0.1) is 12.7 Å². The lowest BCUT2D eigenvalue weighted by Gasteiger charge is -2.02. The molecule has 0 spiro atoms. The van der Waals surface area contributed by atoms with Crippen LogP contribution in [0.5, 0.6) is 5.75 Å². The summed E-state index contributed by atoms with van der Waals surface area (Å²) in [6, 6.07) is 15.0. The maximum Gasteiger partial charge on any atom is 0.673 e. The Labute approximate surface area is 118 Å². The first-order chi connectivity index (χ1) is 9.85. The van der Waals surface area contributed by atoms with Crippen LogP contribution in [0.15, 0.2) is 48.5 Å². The predicted octanol–water partition coefficient (Wildman–Crippen LogP) is 5.15. The van der Waals surface area contributed by atoms with Crippen molar-refractivity contribution in [2.45, 2.75) is 0 Å². The van der Waals surface area contributed by atoms with E-state index in [9.17, 15) is 17.3 Å². The number of halogens is 4. The van der Waals surface area contributed by atoms with E-state index in [1.165, 1.54) is 0 Å². The molecule has 0 aromatic heterocycles. The molecule has 0 unspecified atom stereocenters. The average Bonchev–Trinajstić information content (AvgIpc) is 2.45. The molecule has 2 aromatic carbocycles. The van der Waals surface area contributed by atoms with E-state index in [1.54, 1.807) is 13.2 Å². The van der Waals surface area contributed by atoms with Crippen LogP contribution in [-0.4, -0.2) is 14.4 Å². The summed E-state index contributed by atoms with van der Waals surface area (Å²) in [6.07, 6.45) is 0. The molecule has 21 heavy (non-hydrogen) atoms. The van der Waals surface area contributed by atoms with Gasteiger partial charge in [0.15, 0.2) is 4.98 Å². The van der Waals surface area contributed by atoms with Crippen molar-refractivity contribution in [3.63, 3.8) is 0 Å². The van der Waals surface area contributed by atoms with Crippen LogP contribution in [0.25, 0.3) is 16.1 Å². The molecular formula is C13H11BF4N2O. The number of hydrogen-bond donors (Lipinski definition) is 0. The topological polar surface area (TPSA) is 37.4 Å². The third-order valence-corrected chi connectivity index (χ3v) is 2.39. The Morgan fingerprint density at radius 2 is 1.62 bits per heavy atom. The second kappa shape index (κ2) is 7.29. The molecule has 0 amide bonds. The van der Waals surface area contributed by atoms with Gasteiger partial charge < -0.3 is 22.0 Å².